The largest absolute Gasteiger partial charge is 0.394 e. The molecule has 1 atom stereocenters. The molecule has 0 aliphatic heterocycles. The van der Waals surface area contributed by atoms with Gasteiger partial charge in [0.25, 0.3) is 22.7 Å². The molecule has 0 unspecified atom stereocenters. The van der Waals surface area contributed by atoms with Crippen LogP contribution < -0.4 is 27.2 Å². The molecule has 2 aromatic heterocycles. The quantitative estimate of drug-likeness (QED) is 0.291. The first-order chi connectivity index (χ1) is 18.8. The number of amides is 2. The molecule has 10 nitrogen and oxygen atoms in total. The Balaban J connectivity index is 1.12. The summed E-state index contributed by atoms with van der Waals surface area (Å²) >= 11 is 0. The maximum absolute atomic E-state index is 12.9. The van der Waals surface area contributed by atoms with E-state index in [1.165, 1.54) is 23.5 Å². The number of nitrogens with zero attached hydrogens (tertiary/aromatic N) is 3. The molecule has 0 fully saturated rings. The van der Waals surface area contributed by atoms with E-state index in [1.54, 1.807) is 17.0 Å². The molecule has 3 aromatic carbocycles. The van der Waals surface area contributed by atoms with Gasteiger partial charge in [-0.25, -0.2) is 9.97 Å². The highest BCUT2D eigenvalue weighted by atomic mass is 16.2. The van der Waals surface area contributed by atoms with Crippen LogP contribution >= 0.6 is 0 Å². The third-order valence-corrected chi connectivity index (χ3v) is 7.15. The van der Waals surface area contributed by atoms with Crippen LogP contribution in [0.15, 0.2) is 70.8 Å². The minimum absolute atomic E-state index is 0.0474. The van der Waals surface area contributed by atoms with Gasteiger partial charge in [-0.3, -0.25) is 19.2 Å². The Hall–Kier alpha value is -5.12. The number of hydrogen-bond donors (Lipinski definition) is 3. The van der Waals surface area contributed by atoms with Crippen LogP contribution in [0.25, 0.3) is 16.5 Å². The first-order valence-electron chi connectivity index (χ1n) is 12.5. The van der Waals surface area contributed by atoms with Crippen molar-refractivity contribution in [1.82, 2.24) is 25.2 Å². The maximum atomic E-state index is 12.9. The molecular weight excluding hydrogens is 496 g/mol. The zero-order chi connectivity index (χ0) is 27.3. The number of nitrogens with two attached hydrogens (primary N) is 1. The predicted molar refractivity (Wildman–Crippen MR) is 146 cm³/mol. The molecule has 2 amide bonds. The first-order valence-corrected chi connectivity index (χ1v) is 12.5. The van der Waals surface area contributed by atoms with Gasteiger partial charge in [0.1, 0.15) is 29.1 Å². The van der Waals surface area contributed by atoms with Crippen LogP contribution in [0.2, 0.25) is 0 Å². The summed E-state index contributed by atoms with van der Waals surface area (Å²) in [6.45, 7) is 2.26. The monoisotopic (exact) mass is 520 g/mol. The molecule has 6 rings (SSSR count). The van der Waals surface area contributed by atoms with Gasteiger partial charge < -0.3 is 20.9 Å². The standard InChI is InChI=1S/C29H24N6O4/c1-15-2-6-20-17(8-15)5-7-21(20)34-29(39)23-10-22(32-14-33-23)28(38)31-11-16-3-4-18-12-35(13-19(18)9-16)25-24(30)26(36)27(25)37/h2-4,6,8-10,12-14,21H,5,7,11,30H2,1H3,(H,31,38)(H,34,39)/t21-/m0/s1. The van der Waals surface area contributed by atoms with Crippen molar-refractivity contribution >= 4 is 28.3 Å². The third kappa shape index (κ3) is 4.35. The second-order valence-electron chi connectivity index (χ2n) is 9.79. The second kappa shape index (κ2) is 9.32. The van der Waals surface area contributed by atoms with E-state index in [1.807, 2.05) is 37.3 Å². The smallest absolute Gasteiger partial charge is 0.270 e. The average Bonchev–Trinajstić information content (AvgIpc) is 3.54. The van der Waals surface area contributed by atoms with Crippen LogP contribution in [-0.2, 0) is 13.0 Å². The molecular formula is C29H24N6O4. The summed E-state index contributed by atoms with van der Waals surface area (Å²) < 4.78 is 1.55. The molecule has 10 heteroatoms. The number of carbonyl (C=O) groups excluding carboxylic acids is 2. The van der Waals surface area contributed by atoms with Gasteiger partial charge >= 0.3 is 0 Å². The number of benzene rings is 2. The molecule has 194 valence electrons. The Labute approximate surface area is 222 Å². The fourth-order valence-corrected chi connectivity index (χ4v) is 5.09. The van der Waals surface area contributed by atoms with Gasteiger partial charge in [-0.05, 0) is 47.9 Å². The summed E-state index contributed by atoms with van der Waals surface area (Å²) in [5.74, 6) is -0.801. The van der Waals surface area contributed by atoms with Gasteiger partial charge in [0.2, 0.25) is 0 Å². The lowest BCUT2D eigenvalue weighted by Gasteiger charge is -2.14. The van der Waals surface area contributed by atoms with E-state index in [-0.39, 0.29) is 41.3 Å². The van der Waals surface area contributed by atoms with Crippen LogP contribution in [0.5, 0.6) is 0 Å². The van der Waals surface area contributed by atoms with E-state index in [4.69, 9.17) is 5.73 Å². The van der Waals surface area contributed by atoms with Crippen molar-refractivity contribution in [3.05, 3.63) is 115 Å². The van der Waals surface area contributed by atoms with E-state index in [9.17, 15) is 19.2 Å². The van der Waals surface area contributed by atoms with E-state index < -0.39 is 16.8 Å². The predicted octanol–water partition coefficient (Wildman–Crippen LogP) is 2.25. The fourth-order valence-electron chi connectivity index (χ4n) is 5.09. The van der Waals surface area contributed by atoms with Crippen molar-refractivity contribution in [2.24, 2.45) is 0 Å². The van der Waals surface area contributed by atoms with Gasteiger partial charge in [0, 0.05) is 30.4 Å². The Morgan fingerprint density at radius 1 is 0.974 bits per heavy atom. The van der Waals surface area contributed by atoms with Crippen LogP contribution in [0.3, 0.4) is 0 Å². The van der Waals surface area contributed by atoms with Crippen molar-refractivity contribution in [2.75, 3.05) is 5.73 Å². The number of aryl methyl sites for hydroxylation is 2. The summed E-state index contributed by atoms with van der Waals surface area (Å²) in [6, 6.07) is 13.1. The van der Waals surface area contributed by atoms with Gasteiger partial charge in [-0.15, -0.1) is 0 Å². The summed E-state index contributed by atoms with van der Waals surface area (Å²) in [5.41, 5.74) is 9.08. The Bertz CT molecular complexity index is 1860. The van der Waals surface area contributed by atoms with E-state index in [2.05, 4.69) is 26.7 Å². The van der Waals surface area contributed by atoms with Crippen molar-refractivity contribution in [3.63, 3.8) is 0 Å². The van der Waals surface area contributed by atoms with E-state index >= 15 is 0 Å². The number of hydrogen-bond acceptors (Lipinski definition) is 7. The van der Waals surface area contributed by atoms with Gasteiger partial charge in [0.05, 0.1) is 6.04 Å². The number of aromatic nitrogens is 3. The lowest BCUT2D eigenvalue weighted by Crippen LogP contribution is -2.38. The summed E-state index contributed by atoms with van der Waals surface area (Å²) in [6.07, 6.45) is 6.36. The molecule has 5 aromatic rings. The minimum atomic E-state index is -0.671. The van der Waals surface area contributed by atoms with E-state index in [0.717, 1.165) is 34.7 Å². The molecule has 0 spiro atoms. The Kier molecular flexibility index (Phi) is 5.79. The summed E-state index contributed by atoms with van der Waals surface area (Å²) in [4.78, 5) is 57.1. The molecule has 0 radical (unpaired) electrons. The topological polar surface area (TPSA) is 149 Å². The highest BCUT2D eigenvalue weighted by Crippen LogP contribution is 2.31. The summed E-state index contributed by atoms with van der Waals surface area (Å²) in [5, 5.41) is 7.51. The van der Waals surface area contributed by atoms with Crippen molar-refractivity contribution in [1.29, 1.82) is 0 Å². The summed E-state index contributed by atoms with van der Waals surface area (Å²) in [7, 11) is 0. The van der Waals surface area contributed by atoms with Crippen molar-refractivity contribution < 1.29 is 9.59 Å². The number of nitrogen functional groups attached to an aromatic ring is 1. The Morgan fingerprint density at radius 2 is 1.74 bits per heavy atom. The number of anilines is 1. The molecule has 39 heavy (non-hydrogen) atoms. The van der Waals surface area contributed by atoms with Crippen molar-refractivity contribution in [3.8, 4) is 5.69 Å². The number of nitrogens with one attached hydrogen (secondary N) is 2. The maximum Gasteiger partial charge on any atom is 0.270 e. The second-order valence-corrected chi connectivity index (χ2v) is 9.79. The zero-order valence-electron chi connectivity index (χ0n) is 21.0. The molecule has 4 N–H and O–H groups in total. The molecule has 0 saturated carbocycles. The SMILES string of the molecule is Cc1ccc2c(c1)CC[C@@H]2NC(=O)c1cc(C(=O)NCc2ccc3cn(-c4c(N)c(=O)c4=O)cc3c2)ncn1. The number of fused-ring (bicyclic) bond motifs is 2. The van der Waals surface area contributed by atoms with Crippen LogP contribution in [0, 0.1) is 6.92 Å². The number of carbonyl (C=O) groups is 2. The van der Waals surface area contributed by atoms with Gasteiger partial charge in [-0.2, -0.15) is 0 Å². The molecule has 0 bridgehead atoms. The highest BCUT2D eigenvalue weighted by Gasteiger charge is 2.25. The first kappa shape index (κ1) is 24.2. The highest BCUT2D eigenvalue weighted by molar-refractivity contribution is 5.97. The van der Waals surface area contributed by atoms with Crippen LogP contribution in [0.4, 0.5) is 5.69 Å². The molecule has 0 saturated heterocycles. The normalized spacial score (nSPS) is 14.4. The van der Waals surface area contributed by atoms with Crippen LogP contribution in [-0.4, -0.2) is 26.3 Å². The lowest BCUT2D eigenvalue weighted by molar-refractivity contribution is 0.0931. The lowest BCUT2D eigenvalue weighted by atomic mass is 10.1. The van der Waals surface area contributed by atoms with Crippen molar-refractivity contribution in [2.45, 2.75) is 32.4 Å². The molecule has 1 aliphatic rings. The number of rotatable bonds is 6. The average molecular weight is 521 g/mol. The third-order valence-electron chi connectivity index (χ3n) is 7.15. The Morgan fingerprint density at radius 3 is 2.54 bits per heavy atom. The minimum Gasteiger partial charge on any atom is -0.394 e. The molecule has 2 heterocycles. The van der Waals surface area contributed by atoms with Gasteiger partial charge in [-0.1, -0.05) is 35.9 Å². The zero-order valence-corrected chi connectivity index (χ0v) is 21.0. The molecule has 1 aliphatic carbocycles. The fraction of sp³-hybridized carbons (Fsp3) is 0.172. The van der Waals surface area contributed by atoms with E-state index in [0.29, 0.717) is 0 Å². The van der Waals surface area contributed by atoms with Crippen LogP contribution in [0.1, 0.15) is 55.7 Å². The van der Waals surface area contributed by atoms with Gasteiger partial charge in [0.15, 0.2) is 0 Å².